The fourth-order valence-corrected chi connectivity index (χ4v) is 1.49. The number of benzene rings is 1. The molecule has 82 valence electrons. The highest BCUT2D eigenvalue weighted by molar-refractivity contribution is 5.97. The van der Waals surface area contributed by atoms with E-state index in [1.54, 1.807) is 24.3 Å². The molecule has 1 aromatic rings. The summed E-state index contributed by atoms with van der Waals surface area (Å²) in [6, 6.07) is 8.81. The minimum Gasteiger partial charge on any atom is -0.294 e. The molecular weight excluding hydrogens is 198 g/mol. The molecule has 1 rings (SSSR count). The van der Waals surface area contributed by atoms with E-state index in [9.17, 15) is 4.79 Å². The van der Waals surface area contributed by atoms with Gasteiger partial charge in [0.1, 0.15) is 0 Å². The molecule has 0 aliphatic carbocycles. The van der Waals surface area contributed by atoms with Crippen LogP contribution in [0.1, 0.15) is 35.7 Å². The van der Waals surface area contributed by atoms with Crippen LogP contribution in [0.15, 0.2) is 36.9 Å². The molecule has 0 saturated carbocycles. The molecule has 0 unspecified atom stereocenters. The maximum atomic E-state index is 11.9. The lowest BCUT2D eigenvalue weighted by Gasteiger charge is -2.08. The van der Waals surface area contributed by atoms with Gasteiger partial charge in [-0.15, -0.1) is 6.58 Å². The summed E-state index contributed by atoms with van der Waals surface area (Å²) in [4.78, 5) is 11.9. The van der Waals surface area contributed by atoms with Crippen molar-refractivity contribution in [2.24, 2.45) is 5.92 Å². The Morgan fingerprint density at radius 1 is 1.50 bits per heavy atom. The molecule has 0 bridgehead atoms. The van der Waals surface area contributed by atoms with Gasteiger partial charge in [0.15, 0.2) is 5.78 Å². The molecule has 0 fully saturated rings. The average Bonchev–Trinajstić information content (AvgIpc) is 2.35. The van der Waals surface area contributed by atoms with Crippen LogP contribution in [0.4, 0.5) is 0 Å². The Balaban J connectivity index is 2.72. The van der Waals surface area contributed by atoms with Gasteiger partial charge in [0, 0.05) is 11.5 Å². The summed E-state index contributed by atoms with van der Waals surface area (Å²) < 4.78 is 0. The third kappa shape index (κ3) is 3.06. The normalized spacial score (nSPS) is 11.5. The van der Waals surface area contributed by atoms with Crippen LogP contribution in [0.25, 0.3) is 0 Å². The maximum Gasteiger partial charge on any atom is 0.165 e. The highest BCUT2D eigenvalue weighted by atomic mass is 16.1. The third-order valence-electron chi connectivity index (χ3n) is 2.55. The van der Waals surface area contributed by atoms with E-state index in [1.165, 1.54) is 0 Å². The summed E-state index contributed by atoms with van der Waals surface area (Å²) in [6.07, 6.45) is 3.49. The van der Waals surface area contributed by atoms with Crippen LogP contribution in [0, 0.1) is 17.2 Å². The minimum atomic E-state index is 0.00550. The van der Waals surface area contributed by atoms with Gasteiger partial charge in [-0.3, -0.25) is 4.79 Å². The van der Waals surface area contributed by atoms with Gasteiger partial charge in [-0.1, -0.05) is 25.1 Å². The molecule has 2 nitrogen and oxygen atoms in total. The number of rotatable bonds is 5. The largest absolute Gasteiger partial charge is 0.294 e. The number of hydrogen-bond acceptors (Lipinski definition) is 2. The zero-order valence-corrected chi connectivity index (χ0v) is 9.44. The van der Waals surface area contributed by atoms with E-state index < -0.39 is 0 Å². The molecule has 0 aromatic heterocycles. The summed E-state index contributed by atoms with van der Waals surface area (Å²) in [5.74, 6) is 0.136. The van der Waals surface area contributed by atoms with Gasteiger partial charge < -0.3 is 0 Å². The van der Waals surface area contributed by atoms with Crippen LogP contribution in [0.5, 0.6) is 0 Å². The molecule has 0 spiro atoms. The first-order valence-corrected chi connectivity index (χ1v) is 5.34. The number of allylic oxidation sites excluding steroid dienone is 1. The Labute approximate surface area is 96.2 Å². The monoisotopic (exact) mass is 213 g/mol. The SMILES string of the molecule is C=CCC[C@@H](C)C(=O)c1ccc(C#N)cc1. The van der Waals surface area contributed by atoms with Crippen molar-refractivity contribution in [1.82, 2.24) is 0 Å². The maximum absolute atomic E-state index is 11.9. The molecule has 1 atom stereocenters. The first-order valence-electron chi connectivity index (χ1n) is 5.34. The number of ketones is 1. The molecule has 0 aliphatic rings. The summed E-state index contributed by atoms with van der Waals surface area (Å²) in [5, 5.41) is 8.65. The minimum absolute atomic E-state index is 0.00550. The van der Waals surface area contributed by atoms with E-state index >= 15 is 0 Å². The first-order chi connectivity index (χ1) is 7.69. The molecule has 2 heteroatoms. The molecule has 0 heterocycles. The molecule has 0 aliphatic heterocycles. The average molecular weight is 213 g/mol. The molecule has 0 amide bonds. The van der Waals surface area contributed by atoms with Gasteiger partial charge in [-0.05, 0) is 25.0 Å². The van der Waals surface area contributed by atoms with Crippen molar-refractivity contribution >= 4 is 5.78 Å². The number of nitriles is 1. The van der Waals surface area contributed by atoms with Gasteiger partial charge in [-0.2, -0.15) is 5.26 Å². The van der Waals surface area contributed by atoms with Crippen LogP contribution in [0.2, 0.25) is 0 Å². The second-order valence-electron chi connectivity index (χ2n) is 3.82. The fourth-order valence-electron chi connectivity index (χ4n) is 1.49. The predicted octanol–water partition coefficient (Wildman–Crippen LogP) is 3.34. The van der Waals surface area contributed by atoms with E-state index in [0.717, 1.165) is 12.8 Å². The van der Waals surface area contributed by atoms with Crippen LogP contribution in [0.3, 0.4) is 0 Å². The third-order valence-corrected chi connectivity index (χ3v) is 2.55. The predicted molar refractivity (Wildman–Crippen MR) is 64.1 cm³/mol. The second kappa shape index (κ2) is 5.87. The Kier molecular flexibility index (Phi) is 4.47. The molecule has 0 N–H and O–H groups in total. The number of carbonyl (C=O) groups is 1. The van der Waals surface area contributed by atoms with E-state index in [0.29, 0.717) is 11.1 Å². The van der Waals surface area contributed by atoms with Crippen molar-refractivity contribution in [2.75, 3.05) is 0 Å². The summed E-state index contributed by atoms with van der Waals surface area (Å²) in [5.41, 5.74) is 1.26. The lowest BCUT2D eigenvalue weighted by molar-refractivity contribution is 0.0925. The lowest BCUT2D eigenvalue weighted by atomic mass is 9.94. The van der Waals surface area contributed by atoms with E-state index in [2.05, 4.69) is 6.58 Å². The Morgan fingerprint density at radius 3 is 2.62 bits per heavy atom. The Bertz CT molecular complexity index is 411. The lowest BCUT2D eigenvalue weighted by Crippen LogP contribution is -2.10. The van der Waals surface area contributed by atoms with E-state index in [-0.39, 0.29) is 11.7 Å². The van der Waals surface area contributed by atoms with Crippen LogP contribution >= 0.6 is 0 Å². The molecule has 1 aromatic carbocycles. The van der Waals surface area contributed by atoms with Crippen molar-refractivity contribution in [2.45, 2.75) is 19.8 Å². The highest BCUT2D eigenvalue weighted by Crippen LogP contribution is 2.14. The topological polar surface area (TPSA) is 40.9 Å². The van der Waals surface area contributed by atoms with Crippen molar-refractivity contribution < 1.29 is 4.79 Å². The van der Waals surface area contributed by atoms with Crippen LogP contribution < -0.4 is 0 Å². The highest BCUT2D eigenvalue weighted by Gasteiger charge is 2.13. The zero-order chi connectivity index (χ0) is 12.0. The fraction of sp³-hybridized carbons (Fsp3) is 0.286. The molecule has 0 radical (unpaired) electrons. The molecular formula is C14H15NO. The smallest absolute Gasteiger partial charge is 0.165 e. The number of nitrogens with zero attached hydrogens (tertiary/aromatic N) is 1. The molecule has 16 heavy (non-hydrogen) atoms. The quantitative estimate of drug-likeness (QED) is 0.556. The van der Waals surface area contributed by atoms with Crippen molar-refractivity contribution in [3.8, 4) is 6.07 Å². The summed E-state index contributed by atoms with van der Waals surface area (Å²) >= 11 is 0. The van der Waals surface area contributed by atoms with Gasteiger partial charge >= 0.3 is 0 Å². The standard InChI is InChI=1S/C14H15NO/c1-3-4-5-11(2)14(16)13-8-6-12(10-15)7-9-13/h3,6-9,11H,1,4-5H2,2H3/t11-/m1/s1. The van der Waals surface area contributed by atoms with Crippen molar-refractivity contribution in [3.63, 3.8) is 0 Å². The Hall–Kier alpha value is -1.88. The van der Waals surface area contributed by atoms with E-state index in [4.69, 9.17) is 5.26 Å². The van der Waals surface area contributed by atoms with Gasteiger partial charge in [0.25, 0.3) is 0 Å². The van der Waals surface area contributed by atoms with Gasteiger partial charge in [-0.25, -0.2) is 0 Å². The first kappa shape index (κ1) is 12.2. The number of carbonyl (C=O) groups excluding carboxylic acids is 1. The number of Topliss-reactive ketones (excluding diaryl/α,β-unsaturated/α-hetero) is 1. The van der Waals surface area contributed by atoms with E-state index in [1.807, 2.05) is 19.1 Å². The molecule has 0 saturated heterocycles. The van der Waals surface area contributed by atoms with Gasteiger partial charge in [0.05, 0.1) is 11.6 Å². The number of hydrogen-bond donors (Lipinski definition) is 0. The zero-order valence-electron chi connectivity index (χ0n) is 9.44. The second-order valence-corrected chi connectivity index (χ2v) is 3.82. The Morgan fingerprint density at radius 2 is 2.12 bits per heavy atom. The van der Waals surface area contributed by atoms with Crippen LogP contribution in [-0.2, 0) is 0 Å². The van der Waals surface area contributed by atoms with Crippen molar-refractivity contribution in [1.29, 1.82) is 5.26 Å². The summed E-state index contributed by atoms with van der Waals surface area (Å²) in [6.45, 7) is 5.56. The van der Waals surface area contributed by atoms with Crippen molar-refractivity contribution in [3.05, 3.63) is 48.0 Å². The van der Waals surface area contributed by atoms with Gasteiger partial charge in [0.2, 0.25) is 0 Å². The summed E-state index contributed by atoms with van der Waals surface area (Å²) in [7, 11) is 0. The van der Waals surface area contributed by atoms with Crippen LogP contribution in [-0.4, -0.2) is 5.78 Å².